The molecule has 0 atom stereocenters. The third kappa shape index (κ3) is 8.49. The second-order valence-electron chi connectivity index (χ2n) is 5.60. The molecule has 96 valence electrons. The monoisotopic (exact) mass is 232 g/mol. The van der Waals surface area contributed by atoms with Crippen LogP contribution < -0.4 is 11.2 Å². The summed E-state index contributed by atoms with van der Waals surface area (Å²) in [6.45, 7) is 10.4. The van der Waals surface area contributed by atoms with Gasteiger partial charge in [0.2, 0.25) is 0 Å². The molecule has 0 aliphatic heterocycles. The lowest BCUT2D eigenvalue weighted by molar-refractivity contribution is -0.0318. The van der Waals surface area contributed by atoms with Crippen LogP contribution in [0, 0.1) is 5.41 Å². The zero-order valence-electron chi connectivity index (χ0n) is 10.9. The van der Waals surface area contributed by atoms with Crippen LogP contribution in [-0.4, -0.2) is 24.8 Å². The fourth-order valence-corrected chi connectivity index (χ4v) is 1.05. The first-order valence-electron chi connectivity index (χ1n) is 5.47. The van der Waals surface area contributed by atoms with Gasteiger partial charge >= 0.3 is 6.09 Å². The van der Waals surface area contributed by atoms with Crippen LogP contribution >= 0.6 is 0 Å². The molecule has 0 heterocycles. The van der Waals surface area contributed by atoms with Crippen molar-refractivity contribution >= 4 is 6.09 Å². The minimum Gasteiger partial charge on any atom is -0.442 e. The molecule has 0 aliphatic rings. The minimum atomic E-state index is -0.573. The van der Waals surface area contributed by atoms with E-state index < -0.39 is 11.7 Å². The van der Waals surface area contributed by atoms with Crippen molar-refractivity contribution in [2.24, 2.45) is 11.1 Å². The van der Waals surface area contributed by atoms with E-state index in [0.29, 0.717) is 13.2 Å². The molecule has 3 N–H and O–H groups in total. The van der Waals surface area contributed by atoms with Crippen molar-refractivity contribution < 1.29 is 14.4 Å². The molecule has 1 amide bonds. The van der Waals surface area contributed by atoms with Crippen LogP contribution in [0.2, 0.25) is 0 Å². The third-order valence-electron chi connectivity index (χ3n) is 1.84. The predicted octanol–water partition coefficient (Wildman–Crippen LogP) is 1.82. The Balaban J connectivity index is 3.78. The molecule has 0 spiro atoms. The Morgan fingerprint density at radius 2 is 1.81 bits per heavy atom. The van der Waals surface area contributed by atoms with E-state index in [1.54, 1.807) is 20.8 Å². The van der Waals surface area contributed by atoms with Gasteiger partial charge in [-0.05, 0) is 39.2 Å². The number of ether oxygens (including phenoxy) is 1. The average Bonchev–Trinajstić information content (AvgIpc) is 1.99. The molecule has 5 heteroatoms. The van der Waals surface area contributed by atoms with E-state index in [1.165, 1.54) is 0 Å². The van der Waals surface area contributed by atoms with Crippen molar-refractivity contribution in [1.29, 1.82) is 0 Å². The molecule has 0 bridgehead atoms. The van der Waals surface area contributed by atoms with Gasteiger partial charge in [0.05, 0.1) is 6.61 Å². The van der Waals surface area contributed by atoms with Crippen LogP contribution in [0.25, 0.3) is 0 Å². The SMILES string of the molecule is CC(C)(CCN)CONC(=O)OC(C)(C)C. The van der Waals surface area contributed by atoms with E-state index in [-0.39, 0.29) is 5.41 Å². The molecule has 0 rings (SSSR count). The van der Waals surface area contributed by atoms with Crippen molar-refractivity contribution in [2.75, 3.05) is 13.2 Å². The number of amides is 1. The summed E-state index contributed by atoms with van der Waals surface area (Å²) >= 11 is 0. The molecular weight excluding hydrogens is 208 g/mol. The summed E-state index contributed by atoms with van der Waals surface area (Å²) in [6.07, 6.45) is 0.263. The molecule has 0 aromatic rings. The summed E-state index contributed by atoms with van der Waals surface area (Å²) in [4.78, 5) is 16.3. The fraction of sp³-hybridized carbons (Fsp3) is 0.909. The molecule has 0 fully saturated rings. The molecule has 0 saturated carbocycles. The highest BCUT2D eigenvalue weighted by atomic mass is 16.7. The number of rotatable bonds is 5. The van der Waals surface area contributed by atoms with Gasteiger partial charge in [0, 0.05) is 0 Å². The molecule has 0 aliphatic carbocycles. The predicted molar refractivity (Wildman–Crippen MR) is 62.8 cm³/mol. The molecule has 0 radical (unpaired) electrons. The summed E-state index contributed by atoms with van der Waals surface area (Å²) in [5, 5.41) is 0. The Morgan fingerprint density at radius 1 is 1.25 bits per heavy atom. The van der Waals surface area contributed by atoms with Gasteiger partial charge in [-0.2, -0.15) is 5.48 Å². The lowest BCUT2D eigenvalue weighted by atomic mass is 9.91. The first-order chi connectivity index (χ1) is 7.16. The van der Waals surface area contributed by atoms with Crippen LogP contribution in [0.15, 0.2) is 0 Å². The van der Waals surface area contributed by atoms with Gasteiger partial charge in [-0.1, -0.05) is 13.8 Å². The first-order valence-corrected chi connectivity index (χ1v) is 5.47. The number of hydroxylamine groups is 1. The zero-order valence-corrected chi connectivity index (χ0v) is 10.9. The normalized spacial score (nSPS) is 12.4. The van der Waals surface area contributed by atoms with E-state index in [9.17, 15) is 4.79 Å². The molecule has 16 heavy (non-hydrogen) atoms. The number of carbonyl (C=O) groups excluding carboxylic acids is 1. The van der Waals surface area contributed by atoms with Crippen LogP contribution in [0.4, 0.5) is 4.79 Å². The van der Waals surface area contributed by atoms with E-state index in [1.807, 2.05) is 13.8 Å². The Hall–Kier alpha value is -0.810. The molecule has 0 saturated heterocycles. The van der Waals surface area contributed by atoms with Crippen LogP contribution in [0.1, 0.15) is 41.0 Å². The Kier molecular flexibility index (Phi) is 5.75. The number of nitrogens with two attached hydrogens (primary N) is 1. The molecule has 0 aromatic carbocycles. The van der Waals surface area contributed by atoms with Crippen molar-refractivity contribution in [3.8, 4) is 0 Å². The highest BCUT2D eigenvalue weighted by molar-refractivity contribution is 5.66. The van der Waals surface area contributed by atoms with E-state index in [0.717, 1.165) is 6.42 Å². The van der Waals surface area contributed by atoms with Crippen molar-refractivity contribution in [2.45, 2.75) is 46.6 Å². The third-order valence-corrected chi connectivity index (χ3v) is 1.84. The van der Waals surface area contributed by atoms with Crippen LogP contribution in [0.5, 0.6) is 0 Å². The van der Waals surface area contributed by atoms with E-state index in [4.69, 9.17) is 15.3 Å². The number of hydrogen-bond donors (Lipinski definition) is 2. The van der Waals surface area contributed by atoms with Crippen molar-refractivity contribution in [1.82, 2.24) is 5.48 Å². The molecular formula is C11H24N2O3. The quantitative estimate of drug-likeness (QED) is 0.709. The highest BCUT2D eigenvalue weighted by Gasteiger charge is 2.19. The minimum absolute atomic E-state index is 0.0518. The van der Waals surface area contributed by atoms with Gasteiger partial charge in [0.1, 0.15) is 5.60 Å². The number of nitrogens with one attached hydrogen (secondary N) is 1. The summed E-state index contributed by atoms with van der Waals surface area (Å²) in [5.41, 5.74) is 7.15. The number of hydrogen-bond acceptors (Lipinski definition) is 4. The Labute approximate surface area is 97.6 Å². The summed E-state index contributed by atoms with van der Waals surface area (Å²) in [5.74, 6) is 0. The van der Waals surface area contributed by atoms with E-state index >= 15 is 0 Å². The van der Waals surface area contributed by atoms with Gasteiger partial charge in [0.15, 0.2) is 0 Å². The standard InChI is InChI=1S/C11H24N2O3/c1-10(2,3)16-9(14)13-15-8-11(4,5)6-7-12/h6-8,12H2,1-5H3,(H,13,14). The van der Waals surface area contributed by atoms with Gasteiger partial charge in [0.25, 0.3) is 0 Å². The van der Waals surface area contributed by atoms with Crippen LogP contribution in [-0.2, 0) is 9.57 Å². The van der Waals surface area contributed by atoms with E-state index in [2.05, 4.69) is 5.48 Å². The summed E-state index contributed by atoms with van der Waals surface area (Å²) in [6, 6.07) is 0. The topological polar surface area (TPSA) is 73.6 Å². The van der Waals surface area contributed by atoms with Crippen molar-refractivity contribution in [3.05, 3.63) is 0 Å². The lowest BCUT2D eigenvalue weighted by Crippen LogP contribution is -2.35. The first kappa shape index (κ1) is 15.2. The molecule has 0 unspecified atom stereocenters. The number of carbonyl (C=O) groups is 1. The van der Waals surface area contributed by atoms with Gasteiger partial charge in [-0.25, -0.2) is 4.79 Å². The summed E-state index contributed by atoms with van der Waals surface area (Å²) < 4.78 is 5.01. The maximum Gasteiger partial charge on any atom is 0.431 e. The maximum absolute atomic E-state index is 11.2. The van der Waals surface area contributed by atoms with Gasteiger partial charge in [-0.15, -0.1) is 0 Å². The van der Waals surface area contributed by atoms with Gasteiger partial charge < -0.3 is 10.5 Å². The zero-order chi connectivity index (χ0) is 12.8. The molecule has 5 nitrogen and oxygen atoms in total. The summed E-state index contributed by atoms with van der Waals surface area (Å²) in [7, 11) is 0. The Morgan fingerprint density at radius 3 is 2.25 bits per heavy atom. The lowest BCUT2D eigenvalue weighted by Gasteiger charge is -2.24. The maximum atomic E-state index is 11.2. The Bertz CT molecular complexity index is 222. The van der Waals surface area contributed by atoms with Crippen LogP contribution in [0.3, 0.4) is 0 Å². The molecule has 0 aromatic heterocycles. The second kappa shape index (κ2) is 6.06. The largest absolute Gasteiger partial charge is 0.442 e. The highest BCUT2D eigenvalue weighted by Crippen LogP contribution is 2.18. The smallest absolute Gasteiger partial charge is 0.431 e. The average molecular weight is 232 g/mol. The van der Waals surface area contributed by atoms with Gasteiger partial charge in [-0.3, -0.25) is 4.84 Å². The fourth-order valence-electron chi connectivity index (χ4n) is 1.05. The second-order valence-corrected chi connectivity index (χ2v) is 5.60. The van der Waals surface area contributed by atoms with Crippen molar-refractivity contribution in [3.63, 3.8) is 0 Å².